The number of ether oxygens (including phenoxy) is 1. The molecule has 0 bridgehead atoms. The predicted octanol–water partition coefficient (Wildman–Crippen LogP) is 1.39. The van der Waals surface area contributed by atoms with Crippen LogP contribution in [0.5, 0.6) is 0 Å². The number of carboxylic acid groups (broad SMARTS) is 1. The van der Waals surface area contributed by atoms with Crippen molar-refractivity contribution in [2.45, 2.75) is 13.0 Å². The minimum absolute atomic E-state index is 0.0703. The van der Waals surface area contributed by atoms with Gasteiger partial charge < -0.3 is 15.2 Å². The second kappa shape index (κ2) is 7.74. The van der Waals surface area contributed by atoms with Gasteiger partial charge in [0.05, 0.1) is 6.54 Å². The quantitative estimate of drug-likeness (QED) is 0.788. The molecule has 1 aromatic rings. The van der Waals surface area contributed by atoms with Gasteiger partial charge >= 0.3 is 12.1 Å². The molecule has 18 heavy (non-hydrogen) atoms. The molecule has 0 saturated heterocycles. The monoisotopic (exact) mass is 247 g/mol. The zero-order valence-electron chi connectivity index (χ0n) is 9.68. The Kier molecular flexibility index (Phi) is 5.84. The number of hydrogen-bond donors (Lipinski definition) is 2. The zero-order valence-corrected chi connectivity index (χ0v) is 9.68. The van der Waals surface area contributed by atoms with E-state index in [1.54, 1.807) is 0 Å². The van der Waals surface area contributed by atoms with Crippen molar-refractivity contribution in [2.24, 2.45) is 0 Å². The van der Waals surface area contributed by atoms with E-state index < -0.39 is 12.1 Å². The van der Waals surface area contributed by atoms with Gasteiger partial charge in [-0.3, -0.25) is 4.79 Å². The summed E-state index contributed by atoms with van der Waals surface area (Å²) in [6.07, 6.45) is -0.815. The summed E-state index contributed by atoms with van der Waals surface area (Å²) in [6.45, 7) is 0.260. The topological polar surface area (TPSA) is 75.6 Å². The molecule has 5 nitrogen and oxygen atoms in total. The summed E-state index contributed by atoms with van der Waals surface area (Å²) in [5.41, 5.74) is 0.893. The van der Waals surface area contributed by atoms with Gasteiger partial charge in [-0.2, -0.15) is 0 Å². The molecule has 0 saturated carbocycles. The highest BCUT2D eigenvalue weighted by Crippen LogP contribution is 2.00. The molecule has 0 aliphatic heterocycles. The number of carbonyl (C=O) groups excluding carboxylic acids is 1. The molecule has 0 spiro atoms. The van der Waals surface area contributed by atoms with Gasteiger partial charge in [0, 0.05) is 0 Å². The number of aliphatic carboxylic acids is 1. The summed E-state index contributed by atoms with van der Waals surface area (Å²) >= 11 is 0. The van der Waals surface area contributed by atoms with Crippen LogP contribution in [0.2, 0.25) is 0 Å². The van der Waals surface area contributed by atoms with Crippen molar-refractivity contribution in [2.75, 3.05) is 6.54 Å². The van der Waals surface area contributed by atoms with Crippen molar-refractivity contribution >= 4 is 12.1 Å². The van der Waals surface area contributed by atoms with Crippen LogP contribution in [0.1, 0.15) is 12.0 Å². The average Bonchev–Trinajstić information content (AvgIpc) is 2.37. The lowest BCUT2D eigenvalue weighted by atomic mass is 10.2. The standard InChI is InChI=1S/C13H13NO4/c15-12(16)8-4-5-9-14-13(17)18-10-11-6-2-1-3-7-11/h1-3,6-7H,8-10H2,(H,14,17)(H,15,16). The van der Waals surface area contributed by atoms with Crippen LogP contribution in [0, 0.1) is 11.8 Å². The minimum Gasteiger partial charge on any atom is -0.481 e. The SMILES string of the molecule is O=C(O)CC#CCNC(=O)OCc1ccccc1. The average molecular weight is 247 g/mol. The number of rotatable bonds is 4. The maximum Gasteiger partial charge on any atom is 0.408 e. The summed E-state index contributed by atoms with van der Waals surface area (Å²) in [5, 5.41) is 10.7. The summed E-state index contributed by atoms with van der Waals surface area (Å²) < 4.78 is 4.92. The van der Waals surface area contributed by atoms with Crippen LogP contribution in [0.3, 0.4) is 0 Å². The number of benzene rings is 1. The molecule has 0 radical (unpaired) electrons. The van der Waals surface area contributed by atoms with E-state index in [1.165, 1.54) is 0 Å². The van der Waals surface area contributed by atoms with E-state index in [9.17, 15) is 9.59 Å². The van der Waals surface area contributed by atoms with Crippen LogP contribution >= 0.6 is 0 Å². The highest BCUT2D eigenvalue weighted by molar-refractivity contribution is 5.70. The molecule has 94 valence electrons. The van der Waals surface area contributed by atoms with Crippen molar-refractivity contribution in [3.63, 3.8) is 0 Å². The number of nitrogens with one attached hydrogen (secondary N) is 1. The smallest absolute Gasteiger partial charge is 0.408 e. The maximum atomic E-state index is 11.2. The van der Waals surface area contributed by atoms with Gasteiger partial charge in [-0.25, -0.2) is 4.79 Å². The Labute approximate surface area is 105 Å². The van der Waals surface area contributed by atoms with E-state index in [0.29, 0.717) is 0 Å². The Hall–Kier alpha value is -2.48. The minimum atomic E-state index is -0.992. The van der Waals surface area contributed by atoms with Gasteiger partial charge in [-0.05, 0) is 5.56 Å². The predicted molar refractivity (Wildman–Crippen MR) is 64.7 cm³/mol. The normalized spacial score (nSPS) is 8.89. The first-order chi connectivity index (χ1) is 8.68. The highest BCUT2D eigenvalue weighted by Gasteiger charge is 1.99. The maximum absolute atomic E-state index is 11.2. The molecule has 0 atom stereocenters. The summed E-state index contributed by atoms with van der Waals surface area (Å²) in [7, 11) is 0. The molecule has 0 aliphatic carbocycles. The number of carboxylic acids is 1. The van der Waals surface area contributed by atoms with Gasteiger partial charge in [0.25, 0.3) is 0 Å². The van der Waals surface area contributed by atoms with E-state index in [1.807, 2.05) is 30.3 Å². The molecular weight excluding hydrogens is 234 g/mol. The molecule has 1 rings (SSSR count). The van der Waals surface area contributed by atoms with Gasteiger partial charge in [-0.1, -0.05) is 42.2 Å². The van der Waals surface area contributed by atoms with E-state index in [0.717, 1.165) is 5.56 Å². The van der Waals surface area contributed by atoms with Crippen LogP contribution in [0.15, 0.2) is 30.3 Å². The molecule has 5 heteroatoms. The van der Waals surface area contributed by atoms with Crippen LogP contribution in [0.25, 0.3) is 0 Å². The Balaban J connectivity index is 2.18. The Bertz CT molecular complexity index is 459. The van der Waals surface area contributed by atoms with Crippen LogP contribution < -0.4 is 5.32 Å². The molecule has 1 amide bonds. The van der Waals surface area contributed by atoms with Crippen molar-refractivity contribution in [1.29, 1.82) is 0 Å². The second-order valence-corrected chi connectivity index (χ2v) is 3.34. The first-order valence-corrected chi connectivity index (χ1v) is 5.30. The molecule has 1 aromatic carbocycles. The van der Waals surface area contributed by atoms with Gasteiger partial charge in [-0.15, -0.1) is 0 Å². The highest BCUT2D eigenvalue weighted by atomic mass is 16.5. The van der Waals surface area contributed by atoms with Gasteiger partial charge in [0.2, 0.25) is 0 Å². The van der Waals surface area contributed by atoms with Crippen LogP contribution in [0.4, 0.5) is 4.79 Å². The Morgan fingerprint density at radius 3 is 2.61 bits per heavy atom. The summed E-state index contributed by atoms with van der Waals surface area (Å²) in [5.74, 6) is 3.91. The van der Waals surface area contributed by atoms with Crippen molar-refractivity contribution in [1.82, 2.24) is 5.32 Å². The molecule has 0 aromatic heterocycles. The Morgan fingerprint density at radius 2 is 1.94 bits per heavy atom. The lowest BCUT2D eigenvalue weighted by Crippen LogP contribution is -2.24. The lowest BCUT2D eigenvalue weighted by molar-refractivity contribution is -0.135. The fourth-order valence-corrected chi connectivity index (χ4v) is 1.09. The first kappa shape index (κ1) is 13.6. The third-order valence-electron chi connectivity index (χ3n) is 1.90. The van der Waals surface area contributed by atoms with Gasteiger partial charge in [0.15, 0.2) is 0 Å². The molecule has 2 N–H and O–H groups in total. The fraction of sp³-hybridized carbons (Fsp3) is 0.231. The number of amides is 1. The Morgan fingerprint density at radius 1 is 1.22 bits per heavy atom. The molecule has 0 aliphatic rings. The molecule has 0 fully saturated rings. The van der Waals surface area contributed by atoms with Crippen molar-refractivity contribution in [3.05, 3.63) is 35.9 Å². The summed E-state index contributed by atoms with van der Waals surface area (Å²) in [4.78, 5) is 21.3. The molecule has 0 heterocycles. The third kappa shape index (κ3) is 6.18. The molecule has 0 unspecified atom stereocenters. The van der Waals surface area contributed by atoms with Crippen molar-refractivity contribution in [3.8, 4) is 11.8 Å². The largest absolute Gasteiger partial charge is 0.481 e. The van der Waals surface area contributed by atoms with Crippen LogP contribution in [-0.2, 0) is 16.1 Å². The lowest BCUT2D eigenvalue weighted by Gasteiger charge is -2.04. The van der Waals surface area contributed by atoms with E-state index >= 15 is 0 Å². The zero-order chi connectivity index (χ0) is 13.2. The van der Waals surface area contributed by atoms with E-state index in [4.69, 9.17) is 9.84 Å². The number of hydrogen-bond acceptors (Lipinski definition) is 3. The number of alkyl carbamates (subject to hydrolysis) is 1. The third-order valence-corrected chi connectivity index (χ3v) is 1.90. The summed E-state index contributed by atoms with van der Waals surface area (Å²) in [6, 6.07) is 9.28. The first-order valence-electron chi connectivity index (χ1n) is 5.30. The van der Waals surface area contributed by atoms with Gasteiger partial charge in [0.1, 0.15) is 13.0 Å². The van der Waals surface area contributed by atoms with Crippen molar-refractivity contribution < 1.29 is 19.4 Å². The fourth-order valence-electron chi connectivity index (χ4n) is 1.09. The molecular formula is C13H13NO4. The van der Waals surface area contributed by atoms with E-state index in [-0.39, 0.29) is 19.6 Å². The van der Waals surface area contributed by atoms with Crippen LogP contribution in [-0.4, -0.2) is 23.7 Å². The number of carbonyl (C=O) groups is 2. The second-order valence-electron chi connectivity index (χ2n) is 3.34. The van der Waals surface area contributed by atoms with E-state index in [2.05, 4.69) is 17.2 Å².